The summed E-state index contributed by atoms with van der Waals surface area (Å²) in [5, 5.41) is 8.67. The molecular weight excluding hydrogens is 132 g/mol. The van der Waals surface area contributed by atoms with E-state index in [4.69, 9.17) is 17.3 Å². The quantitative estimate of drug-likeness (QED) is 0.553. The molecule has 0 spiro atoms. The van der Waals surface area contributed by atoms with Crippen molar-refractivity contribution < 1.29 is 5.11 Å². The molecule has 0 fully saturated rings. The Morgan fingerprint density at radius 1 is 1.67 bits per heavy atom. The number of allylic oxidation sites excluding steroid dienone is 3. The van der Waals surface area contributed by atoms with Gasteiger partial charge in [-0.25, -0.2) is 0 Å². The lowest BCUT2D eigenvalue weighted by Crippen LogP contribution is -2.04. The Hall–Kier alpha value is -0.470. The highest BCUT2D eigenvalue weighted by Gasteiger charge is 2.02. The van der Waals surface area contributed by atoms with Crippen LogP contribution in [0.1, 0.15) is 6.42 Å². The third-order valence-corrected chi connectivity index (χ3v) is 1.69. The van der Waals surface area contributed by atoms with Gasteiger partial charge in [0.15, 0.2) is 0 Å². The molecular formula is C7H8OS. The maximum absolute atomic E-state index is 8.67. The van der Waals surface area contributed by atoms with Crippen LogP contribution in [-0.2, 0) is 0 Å². The van der Waals surface area contributed by atoms with Crippen LogP contribution in [0.4, 0.5) is 0 Å². The van der Waals surface area contributed by atoms with Crippen molar-refractivity contribution in [1.29, 1.82) is 0 Å². The smallest absolute Gasteiger partial charge is 0.0692 e. The zero-order chi connectivity index (χ0) is 6.69. The molecule has 1 rings (SSSR count). The number of hydrogen-bond acceptors (Lipinski definition) is 2. The molecule has 0 radical (unpaired) electrons. The van der Waals surface area contributed by atoms with Crippen molar-refractivity contribution in [2.24, 2.45) is 0 Å². The standard InChI is InChI=1S/C7H8OS/c8-5-6-3-1-2-4-7(6)9/h1-3,8H,4-5H2. The van der Waals surface area contributed by atoms with Gasteiger partial charge in [0.2, 0.25) is 0 Å². The summed E-state index contributed by atoms with van der Waals surface area (Å²) in [7, 11) is 0. The van der Waals surface area contributed by atoms with Crippen molar-refractivity contribution in [2.45, 2.75) is 6.42 Å². The summed E-state index contributed by atoms with van der Waals surface area (Å²) in [5.74, 6) is 0. The number of rotatable bonds is 1. The highest BCUT2D eigenvalue weighted by atomic mass is 32.1. The number of thiocarbonyl (C=S) groups is 1. The normalized spacial score (nSPS) is 17.9. The molecule has 0 amide bonds. The summed E-state index contributed by atoms with van der Waals surface area (Å²) in [6.45, 7) is 0.0726. The van der Waals surface area contributed by atoms with Crippen molar-refractivity contribution >= 4 is 17.1 Å². The Bertz CT molecular complexity index is 179. The summed E-state index contributed by atoms with van der Waals surface area (Å²) in [4.78, 5) is 0.861. The van der Waals surface area contributed by atoms with E-state index in [1.807, 2.05) is 18.2 Å². The van der Waals surface area contributed by atoms with E-state index < -0.39 is 0 Å². The fourth-order valence-corrected chi connectivity index (χ4v) is 0.953. The SMILES string of the molecule is OCC1=CC=CCC1=S. The third-order valence-electron chi connectivity index (χ3n) is 1.27. The lowest BCUT2D eigenvalue weighted by atomic mass is 10.1. The monoisotopic (exact) mass is 140 g/mol. The minimum absolute atomic E-state index is 0.0726. The average molecular weight is 140 g/mol. The van der Waals surface area contributed by atoms with Gasteiger partial charge in [-0.2, -0.15) is 0 Å². The lowest BCUT2D eigenvalue weighted by Gasteiger charge is -2.05. The van der Waals surface area contributed by atoms with E-state index in [0.717, 1.165) is 16.9 Å². The van der Waals surface area contributed by atoms with Gasteiger partial charge in [0.05, 0.1) is 6.61 Å². The van der Waals surface area contributed by atoms with Gasteiger partial charge >= 0.3 is 0 Å². The van der Waals surface area contributed by atoms with Crippen LogP contribution in [0.15, 0.2) is 23.8 Å². The van der Waals surface area contributed by atoms with Gasteiger partial charge in [0, 0.05) is 11.3 Å². The van der Waals surface area contributed by atoms with E-state index in [1.54, 1.807) is 0 Å². The maximum atomic E-state index is 8.67. The van der Waals surface area contributed by atoms with Crippen molar-refractivity contribution in [1.82, 2.24) is 0 Å². The molecule has 1 aliphatic carbocycles. The number of hydrogen-bond donors (Lipinski definition) is 1. The highest BCUT2D eigenvalue weighted by Crippen LogP contribution is 2.08. The van der Waals surface area contributed by atoms with E-state index in [-0.39, 0.29) is 6.61 Å². The predicted octanol–water partition coefficient (Wildman–Crippen LogP) is 1.23. The van der Waals surface area contributed by atoms with Gasteiger partial charge in [-0.1, -0.05) is 30.4 Å². The fourth-order valence-electron chi connectivity index (χ4n) is 0.724. The lowest BCUT2D eigenvalue weighted by molar-refractivity contribution is 0.337. The van der Waals surface area contributed by atoms with Crippen molar-refractivity contribution in [2.75, 3.05) is 6.61 Å². The Labute approximate surface area is 59.7 Å². The van der Waals surface area contributed by atoms with Gasteiger partial charge < -0.3 is 5.11 Å². The molecule has 1 N–H and O–H groups in total. The molecule has 0 aromatic rings. The molecule has 0 saturated heterocycles. The first kappa shape index (κ1) is 6.65. The van der Waals surface area contributed by atoms with E-state index in [0.29, 0.717) is 0 Å². The van der Waals surface area contributed by atoms with Crippen molar-refractivity contribution in [3.63, 3.8) is 0 Å². The van der Waals surface area contributed by atoms with Crippen LogP contribution in [0.3, 0.4) is 0 Å². The molecule has 0 atom stereocenters. The summed E-state index contributed by atoms with van der Waals surface area (Å²) in [6, 6.07) is 0. The second-order valence-corrected chi connectivity index (χ2v) is 2.40. The van der Waals surface area contributed by atoms with Crippen LogP contribution in [0, 0.1) is 0 Å². The van der Waals surface area contributed by atoms with Crippen LogP contribution in [0.2, 0.25) is 0 Å². The third kappa shape index (κ3) is 1.47. The molecule has 48 valence electrons. The molecule has 9 heavy (non-hydrogen) atoms. The van der Waals surface area contributed by atoms with Gasteiger partial charge in [-0.15, -0.1) is 0 Å². The second kappa shape index (κ2) is 2.90. The van der Waals surface area contributed by atoms with E-state index in [1.165, 1.54) is 0 Å². The van der Waals surface area contributed by atoms with Crippen LogP contribution in [-0.4, -0.2) is 16.6 Å². The summed E-state index contributed by atoms with van der Waals surface area (Å²) >= 11 is 4.95. The first-order valence-corrected chi connectivity index (χ1v) is 3.25. The molecule has 0 aliphatic heterocycles. The summed E-state index contributed by atoms with van der Waals surface area (Å²) < 4.78 is 0. The van der Waals surface area contributed by atoms with Gasteiger partial charge in [-0.05, 0) is 5.57 Å². The molecule has 0 bridgehead atoms. The van der Waals surface area contributed by atoms with Crippen LogP contribution < -0.4 is 0 Å². The first-order valence-electron chi connectivity index (χ1n) is 2.84. The fraction of sp³-hybridized carbons (Fsp3) is 0.286. The molecule has 2 heteroatoms. The van der Waals surface area contributed by atoms with E-state index in [2.05, 4.69) is 0 Å². The summed E-state index contributed by atoms with van der Waals surface area (Å²) in [5.41, 5.74) is 0.882. The minimum Gasteiger partial charge on any atom is -0.392 e. The minimum atomic E-state index is 0.0726. The van der Waals surface area contributed by atoms with Crippen LogP contribution in [0.25, 0.3) is 0 Å². The topological polar surface area (TPSA) is 20.2 Å². The molecule has 1 nitrogen and oxygen atoms in total. The van der Waals surface area contributed by atoms with Crippen LogP contribution >= 0.6 is 12.2 Å². The number of aliphatic hydroxyl groups excluding tert-OH is 1. The van der Waals surface area contributed by atoms with Crippen molar-refractivity contribution in [3.8, 4) is 0 Å². The van der Waals surface area contributed by atoms with E-state index >= 15 is 0 Å². The Morgan fingerprint density at radius 3 is 2.89 bits per heavy atom. The maximum Gasteiger partial charge on any atom is 0.0692 e. The van der Waals surface area contributed by atoms with Gasteiger partial charge in [-0.3, -0.25) is 0 Å². The molecule has 1 aliphatic rings. The second-order valence-electron chi connectivity index (χ2n) is 1.91. The first-order chi connectivity index (χ1) is 4.34. The zero-order valence-corrected chi connectivity index (χ0v) is 5.82. The molecule has 0 heterocycles. The Kier molecular flexibility index (Phi) is 2.14. The number of aliphatic hydroxyl groups is 1. The predicted molar refractivity (Wildman–Crippen MR) is 41.5 cm³/mol. The molecule has 0 saturated carbocycles. The van der Waals surface area contributed by atoms with Crippen molar-refractivity contribution in [3.05, 3.63) is 23.8 Å². The Morgan fingerprint density at radius 2 is 2.44 bits per heavy atom. The average Bonchev–Trinajstić information content (AvgIpc) is 1.89. The largest absolute Gasteiger partial charge is 0.392 e. The highest BCUT2D eigenvalue weighted by molar-refractivity contribution is 7.80. The summed E-state index contributed by atoms with van der Waals surface area (Å²) in [6.07, 6.45) is 6.57. The molecule has 0 unspecified atom stereocenters. The van der Waals surface area contributed by atoms with E-state index in [9.17, 15) is 0 Å². The van der Waals surface area contributed by atoms with Gasteiger partial charge in [0.25, 0.3) is 0 Å². The molecule has 0 aromatic carbocycles. The molecule has 0 aromatic heterocycles. The van der Waals surface area contributed by atoms with Gasteiger partial charge in [0.1, 0.15) is 0 Å². The zero-order valence-electron chi connectivity index (χ0n) is 5.00. The van der Waals surface area contributed by atoms with Crippen LogP contribution in [0.5, 0.6) is 0 Å². The Balaban J connectivity index is 2.74.